The van der Waals surface area contributed by atoms with Crippen LogP contribution in [0.4, 0.5) is 0 Å². The number of rotatable bonds is 2. The van der Waals surface area contributed by atoms with E-state index in [2.05, 4.69) is 5.32 Å². The summed E-state index contributed by atoms with van der Waals surface area (Å²) in [4.78, 5) is 11.4. The highest BCUT2D eigenvalue weighted by molar-refractivity contribution is 5.80. The molecule has 0 amide bonds. The van der Waals surface area contributed by atoms with E-state index < -0.39 is 11.5 Å². The van der Waals surface area contributed by atoms with Gasteiger partial charge < -0.3 is 5.11 Å². The molecule has 1 heterocycles. The van der Waals surface area contributed by atoms with Crippen molar-refractivity contribution in [1.29, 1.82) is 0 Å². The molecule has 1 aromatic carbocycles. The van der Waals surface area contributed by atoms with E-state index in [9.17, 15) is 9.90 Å². The number of carboxylic acids is 1. The molecular weight excluding hydrogens is 190 g/mol. The molecule has 0 aliphatic carbocycles. The lowest BCUT2D eigenvalue weighted by Gasteiger charge is -2.34. The summed E-state index contributed by atoms with van der Waals surface area (Å²) in [6.45, 7) is 0.779. The molecule has 0 aromatic heterocycles. The van der Waals surface area contributed by atoms with Crippen LogP contribution in [-0.4, -0.2) is 17.6 Å². The third-order valence-electron chi connectivity index (χ3n) is 3.04. The highest BCUT2D eigenvalue weighted by Crippen LogP contribution is 2.30. The molecule has 1 aromatic rings. The smallest absolute Gasteiger partial charge is 0.328 e. The molecule has 0 saturated carbocycles. The van der Waals surface area contributed by atoms with E-state index in [-0.39, 0.29) is 0 Å². The number of carbonyl (C=O) groups is 1. The lowest BCUT2D eigenvalue weighted by atomic mass is 9.82. The van der Waals surface area contributed by atoms with Gasteiger partial charge in [-0.25, -0.2) is 4.79 Å². The van der Waals surface area contributed by atoms with Gasteiger partial charge in [0.05, 0.1) is 0 Å². The molecule has 1 saturated heterocycles. The first-order valence-corrected chi connectivity index (χ1v) is 5.30. The van der Waals surface area contributed by atoms with Gasteiger partial charge in [-0.15, -0.1) is 0 Å². The molecule has 2 rings (SSSR count). The minimum Gasteiger partial charge on any atom is -0.480 e. The maximum Gasteiger partial charge on any atom is 0.328 e. The molecule has 0 bridgehead atoms. The third-order valence-corrected chi connectivity index (χ3v) is 3.04. The molecule has 80 valence electrons. The fourth-order valence-corrected chi connectivity index (χ4v) is 2.18. The van der Waals surface area contributed by atoms with Gasteiger partial charge in [-0.1, -0.05) is 30.3 Å². The monoisotopic (exact) mass is 205 g/mol. The highest BCUT2D eigenvalue weighted by atomic mass is 16.4. The lowest BCUT2D eigenvalue weighted by molar-refractivity contribution is -0.146. The van der Waals surface area contributed by atoms with Crippen molar-refractivity contribution in [2.75, 3.05) is 6.54 Å². The molecule has 15 heavy (non-hydrogen) atoms. The van der Waals surface area contributed by atoms with Crippen molar-refractivity contribution < 1.29 is 9.90 Å². The SMILES string of the molecule is O=C(O)C1(c2ccccc2)CCCCN1. The van der Waals surface area contributed by atoms with Gasteiger partial charge in [0.2, 0.25) is 0 Å². The van der Waals surface area contributed by atoms with E-state index in [1.165, 1.54) is 0 Å². The molecule has 1 unspecified atom stereocenters. The molecule has 2 N–H and O–H groups in total. The number of aliphatic carboxylic acids is 1. The lowest BCUT2D eigenvalue weighted by Crippen LogP contribution is -2.51. The summed E-state index contributed by atoms with van der Waals surface area (Å²) in [6, 6.07) is 9.44. The first-order valence-electron chi connectivity index (χ1n) is 5.30. The molecular formula is C12H15NO2. The van der Waals surface area contributed by atoms with E-state index in [4.69, 9.17) is 0 Å². The Morgan fingerprint density at radius 3 is 2.53 bits per heavy atom. The Bertz CT molecular complexity index is 342. The third kappa shape index (κ3) is 1.75. The summed E-state index contributed by atoms with van der Waals surface area (Å²) in [5, 5.41) is 12.5. The Morgan fingerprint density at radius 1 is 1.27 bits per heavy atom. The van der Waals surface area contributed by atoms with Crippen LogP contribution in [0, 0.1) is 0 Å². The zero-order valence-electron chi connectivity index (χ0n) is 8.57. The van der Waals surface area contributed by atoms with Crippen molar-refractivity contribution in [2.45, 2.75) is 24.8 Å². The predicted molar refractivity (Wildman–Crippen MR) is 57.6 cm³/mol. The second-order valence-electron chi connectivity index (χ2n) is 3.96. The second-order valence-corrected chi connectivity index (χ2v) is 3.96. The van der Waals surface area contributed by atoms with Crippen LogP contribution in [-0.2, 0) is 10.3 Å². The summed E-state index contributed by atoms with van der Waals surface area (Å²) in [6.07, 6.45) is 2.70. The van der Waals surface area contributed by atoms with E-state index in [1.54, 1.807) is 0 Å². The van der Waals surface area contributed by atoms with Crippen molar-refractivity contribution in [3.8, 4) is 0 Å². The van der Waals surface area contributed by atoms with Crippen molar-refractivity contribution in [3.05, 3.63) is 35.9 Å². The average Bonchev–Trinajstić information content (AvgIpc) is 2.31. The van der Waals surface area contributed by atoms with Crippen molar-refractivity contribution in [1.82, 2.24) is 5.32 Å². The Hall–Kier alpha value is -1.35. The van der Waals surface area contributed by atoms with Gasteiger partial charge in [-0.05, 0) is 31.4 Å². The molecule has 0 spiro atoms. The number of carboxylic acid groups (broad SMARTS) is 1. The van der Waals surface area contributed by atoms with Gasteiger partial charge in [-0.2, -0.15) is 0 Å². The van der Waals surface area contributed by atoms with Crippen LogP contribution < -0.4 is 5.32 Å². The summed E-state index contributed by atoms with van der Waals surface area (Å²) in [5.41, 5.74) is -0.00308. The minimum atomic E-state index is -0.862. The largest absolute Gasteiger partial charge is 0.480 e. The van der Waals surface area contributed by atoms with Crippen LogP contribution in [0.5, 0.6) is 0 Å². The standard InChI is InChI=1S/C12H15NO2/c14-11(15)12(8-4-5-9-13-12)10-6-2-1-3-7-10/h1-3,6-7,13H,4-5,8-9H2,(H,14,15). The second kappa shape index (κ2) is 4.03. The Balaban J connectivity index is 2.38. The van der Waals surface area contributed by atoms with E-state index in [0.29, 0.717) is 6.42 Å². The van der Waals surface area contributed by atoms with Crippen LogP contribution >= 0.6 is 0 Å². The quantitative estimate of drug-likeness (QED) is 0.773. The topological polar surface area (TPSA) is 49.3 Å². The molecule has 1 fully saturated rings. The first-order chi connectivity index (χ1) is 7.26. The van der Waals surface area contributed by atoms with Crippen LogP contribution in [0.15, 0.2) is 30.3 Å². The summed E-state index contributed by atoms with van der Waals surface area (Å²) < 4.78 is 0. The molecule has 1 aliphatic rings. The fraction of sp³-hybridized carbons (Fsp3) is 0.417. The molecule has 0 radical (unpaired) electrons. The number of piperidine rings is 1. The van der Waals surface area contributed by atoms with Crippen molar-refractivity contribution in [2.24, 2.45) is 0 Å². The zero-order valence-corrected chi connectivity index (χ0v) is 8.57. The highest BCUT2D eigenvalue weighted by Gasteiger charge is 2.40. The van der Waals surface area contributed by atoms with Gasteiger partial charge >= 0.3 is 5.97 Å². The maximum atomic E-state index is 11.4. The molecule has 1 aliphatic heterocycles. The molecule has 3 nitrogen and oxygen atoms in total. The van der Waals surface area contributed by atoms with Gasteiger partial charge in [0.15, 0.2) is 0 Å². The number of nitrogens with one attached hydrogen (secondary N) is 1. The Labute approximate surface area is 89.1 Å². The van der Waals surface area contributed by atoms with Crippen molar-refractivity contribution in [3.63, 3.8) is 0 Å². The van der Waals surface area contributed by atoms with Gasteiger partial charge in [0, 0.05) is 0 Å². The predicted octanol–water partition coefficient (Wildman–Crippen LogP) is 1.74. The Morgan fingerprint density at radius 2 is 2.00 bits per heavy atom. The number of hydrogen-bond donors (Lipinski definition) is 2. The minimum absolute atomic E-state index is 0.673. The van der Waals surface area contributed by atoms with Crippen LogP contribution in [0.2, 0.25) is 0 Å². The van der Waals surface area contributed by atoms with E-state index in [1.807, 2.05) is 30.3 Å². The van der Waals surface area contributed by atoms with Crippen LogP contribution in [0.1, 0.15) is 24.8 Å². The van der Waals surface area contributed by atoms with Crippen molar-refractivity contribution >= 4 is 5.97 Å². The zero-order chi connectivity index (χ0) is 10.7. The molecule has 1 atom stereocenters. The van der Waals surface area contributed by atoms with Crippen LogP contribution in [0.3, 0.4) is 0 Å². The van der Waals surface area contributed by atoms with Gasteiger partial charge in [-0.3, -0.25) is 5.32 Å². The average molecular weight is 205 g/mol. The molecule has 3 heteroatoms. The number of benzene rings is 1. The maximum absolute atomic E-state index is 11.4. The number of hydrogen-bond acceptors (Lipinski definition) is 2. The normalized spacial score (nSPS) is 26.1. The first kappa shape index (κ1) is 10.2. The van der Waals surface area contributed by atoms with E-state index >= 15 is 0 Å². The fourth-order valence-electron chi connectivity index (χ4n) is 2.18. The Kier molecular flexibility index (Phi) is 2.73. The van der Waals surface area contributed by atoms with Crippen LogP contribution in [0.25, 0.3) is 0 Å². The summed E-state index contributed by atoms with van der Waals surface area (Å²) in [7, 11) is 0. The van der Waals surface area contributed by atoms with E-state index in [0.717, 1.165) is 24.9 Å². The summed E-state index contributed by atoms with van der Waals surface area (Å²) in [5.74, 6) is -0.770. The summed E-state index contributed by atoms with van der Waals surface area (Å²) >= 11 is 0. The van der Waals surface area contributed by atoms with Gasteiger partial charge in [0.1, 0.15) is 5.54 Å². The van der Waals surface area contributed by atoms with Gasteiger partial charge in [0.25, 0.3) is 0 Å².